The van der Waals surface area contributed by atoms with Crippen molar-refractivity contribution in [2.24, 2.45) is 22.5 Å². The highest BCUT2D eigenvalue weighted by Gasteiger charge is 2.04. The number of nitrogens with one attached hydrogen (secondary N) is 1. The van der Waals surface area contributed by atoms with Gasteiger partial charge in [0.2, 0.25) is 0 Å². The van der Waals surface area contributed by atoms with Gasteiger partial charge in [0, 0.05) is 18.1 Å². The lowest BCUT2D eigenvalue weighted by Gasteiger charge is -2.02. The zero-order valence-electron chi connectivity index (χ0n) is 9.27. The molecule has 0 spiro atoms. The van der Waals surface area contributed by atoms with Crippen molar-refractivity contribution in [2.75, 3.05) is 5.43 Å². The van der Waals surface area contributed by atoms with Gasteiger partial charge in [-0.25, -0.2) is 0 Å². The minimum atomic E-state index is -0.550. The van der Waals surface area contributed by atoms with Crippen molar-refractivity contribution in [1.82, 2.24) is 4.98 Å². The summed E-state index contributed by atoms with van der Waals surface area (Å²) in [7, 11) is 0. The fourth-order valence-corrected chi connectivity index (χ4v) is 0.717. The Kier molecular flexibility index (Phi) is 6.22. The fourth-order valence-electron chi connectivity index (χ4n) is 0.717. The first kappa shape index (κ1) is 13.8. The molecule has 0 bridgehead atoms. The Balaban J connectivity index is 0.000000385. The number of hydrazine groups is 1. The summed E-state index contributed by atoms with van der Waals surface area (Å²) in [5.74, 6) is 9.31. The molecule has 16 heavy (non-hydrogen) atoms. The molecule has 7 nitrogen and oxygen atoms in total. The van der Waals surface area contributed by atoms with Gasteiger partial charge in [-0.3, -0.25) is 15.6 Å². The number of hydrazone groups is 1. The molecule has 1 heterocycles. The number of nitrogen functional groups attached to an aromatic ring is 1. The van der Waals surface area contributed by atoms with E-state index in [2.05, 4.69) is 15.5 Å². The van der Waals surface area contributed by atoms with Gasteiger partial charge in [-0.05, 0) is 19.9 Å². The molecule has 88 valence electrons. The third kappa shape index (κ3) is 4.91. The van der Waals surface area contributed by atoms with E-state index in [-0.39, 0.29) is 5.56 Å². The molecule has 0 unspecified atom stereocenters. The molecule has 0 aliphatic rings. The molecular weight excluding hydrogens is 208 g/mol. The van der Waals surface area contributed by atoms with Crippen molar-refractivity contribution in [1.29, 1.82) is 0 Å². The summed E-state index contributed by atoms with van der Waals surface area (Å²) in [6.07, 6.45) is 2.87. The van der Waals surface area contributed by atoms with Gasteiger partial charge in [0.1, 0.15) is 0 Å². The van der Waals surface area contributed by atoms with Crippen LogP contribution in [-0.2, 0) is 0 Å². The lowest BCUT2D eigenvalue weighted by atomic mass is 10.2. The number of aromatic nitrogens is 1. The van der Waals surface area contributed by atoms with E-state index < -0.39 is 5.91 Å². The van der Waals surface area contributed by atoms with E-state index in [0.717, 1.165) is 5.71 Å². The maximum absolute atomic E-state index is 10.7. The summed E-state index contributed by atoms with van der Waals surface area (Å²) >= 11 is 0. The van der Waals surface area contributed by atoms with Crippen LogP contribution in [0.2, 0.25) is 0 Å². The molecule has 1 aromatic rings. The van der Waals surface area contributed by atoms with Gasteiger partial charge in [0.15, 0.2) is 0 Å². The number of primary amides is 1. The quantitative estimate of drug-likeness (QED) is 0.314. The topological polar surface area (TPSA) is 132 Å². The van der Waals surface area contributed by atoms with Crippen LogP contribution in [0.4, 0.5) is 5.69 Å². The van der Waals surface area contributed by atoms with Crippen LogP contribution < -0.4 is 22.8 Å². The Hall–Kier alpha value is -2.15. The molecule has 0 radical (unpaired) electrons. The highest BCUT2D eigenvalue weighted by molar-refractivity contribution is 5.97. The number of amides is 1. The zero-order chi connectivity index (χ0) is 12.6. The predicted octanol–water partition coefficient (Wildman–Crippen LogP) is -0.193. The summed E-state index contributed by atoms with van der Waals surface area (Å²) in [5, 5.41) is 3.31. The molecule has 7 N–H and O–H groups in total. The molecule has 0 atom stereocenters. The fraction of sp³-hybridized carbons (Fsp3) is 0.222. The number of hydrogen-bond acceptors (Lipinski definition) is 6. The summed E-state index contributed by atoms with van der Waals surface area (Å²) in [5.41, 5.74) is 9.03. The number of hydrogen-bond donors (Lipinski definition) is 4. The second-order valence-corrected chi connectivity index (χ2v) is 3.01. The van der Waals surface area contributed by atoms with Gasteiger partial charge < -0.3 is 17.0 Å². The summed E-state index contributed by atoms with van der Waals surface area (Å²) in [6.45, 7) is 3.69. The Bertz CT molecular complexity index is 372. The van der Waals surface area contributed by atoms with E-state index in [9.17, 15) is 4.79 Å². The van der Waals surface area contributed by atoms with Crippen LogP contribution in [0.25, 0.3) is 0 Å². The number of anilines is 1. The van der Waals surface area contributed by atoms with Crippen molar-refractivity contribution in [3.8, 4) is 0 Å². The van der Waals surface area contributed by atoms with Crippen molar-refractivity contribution in [2.45, 2.75) is 13.8 Å². The van der Waals surface area contributed by atoms with Gasteiger partial charge in [-0.1, -0.05) is 0 Å². The molecule has 0 saturated carbocycles. The zero-order valence-corrected chi connectivity index (χ0v) is 9.27. The molecule has 0 aliphatic heterocycles. The average molecular weight is 224 g/mol. The van der Waals surface area contributed by atoms with Crippen molar-refractivity contribution >= 4 is 17.3 Å². The van der Waals surface area contributed by atoms with Crippen molar-refractivity contribution in [3.63, 3.8) is 0 Å². The normalized spacial score (nSPS) is 8.44. The van der Waals surface area contributed by atoms with E-state index in [4.69, 9.17) is 17.4 Å². The van der Waals surface area contributed by atoms with Gasteiger partial charge in [0.25, 0.3) is 5.91 Å². The number of pyridine rings is 1. The summed E-state index contributed by atoms with van der Waals surface area (Å²) in [6, 6.07) is 1.57. The number of rotatable bonds is 2. The Morgan fingerprint density at radius 1 is 1.50 bits per heavy atom. The van der Waals surface area contributed by atoms with Crippen molar-refractivity contribution in [3.05, 3.63) is 24.0 Å². The average Bonchev–Trinajstić information content (AvgIpc) is 2.29. The number of nitrogens with zero attached hydrogens (tertiary/aromatic N) is 2. The van der Waals surface area contributed by atoms with Crippen LogP contribution in [-0.4, -0.2) is 16.6 Å². The summed E-state index contributed by atoms with van der Waals surface area (Å²) < 4.78 is 0. The predicted molar refractivity (Wildman–Crippen MR) is 63.5 cm³/mol. The van der Waals surface area contributed by atoms with E-state index in [1.807, 2.05) is 13.8 Å². The molecule has 0 fully saturated rings. The largest absolute Gasteiger partial charge is 0.365 e. The van der Waals surface area contributed by atoms with Gasteiger partial charge in [0.05, 0.1) is 11.3 Å². The third-order valence-corrected chi connectivity index (χ3v) is 1.50. The maximum atomic E-state index is 10.7. The van der Waals surface area contributed by atoms with Crippen molar-refractivity contribution < 1.29 is 4.79 Å². The monoisotopic (exact) mass is 224 g/mol. The number of nitrogens with two attached hydrogens (primary N) is 3. The van der Waals surface area contributed by atoms with Gasteiger partial charge in [-0.15, -0.1) is 0 Å². The SMILES string of the molecule is CC(C)=NN.NNc1ccncc1C(N)=O. The lowest BCUT2D eigenvalue weighted by molar-refractivity contribution is 0.100. The number of carbonyl (C=O) groups excluding carboxylic acids is 1. The Labute approximate surface area is 93.7 Å². The van der Waals surface area contributed by atoms with E-state index in [1.165, 1.54) is 12.4 Å². The maximum Gasteiger partial charge on any atom is 0.252 e. The van der Waals surface area contributed by atoms with Crippen LogP contribution in [0.1, 0.15) is 24.2 Å². The standard InChI is InChI=1S/C6H8N4O.C3H8N2/c7-6(11)4-3-9-2-1-5(4)10-8;1-3(2)5-4/h1-3H,8H2,(H2,7,11)(H,9,10);4H2,1-2H3. The number of carbonyl (C=O) groups is 1. The Morgan fingerprint density at radius 3 is 2.38 bits per heavy atom. The van der Waals surface area contributed by atoms with Crippen LogP contribution in [0.3, 0.4) is 0 Å². The van der Waals surface area contributed by atoms with Gasteiger partial charge in [-0.2, -0.15) is 5.10 Å². The molecule has 1 amide bonds. The Morgan fingerprint density at radius 2 is 2.06 bits per heavy atom. The first-order valence-electron chi connectivity index (χ1n) is 4.44. The smallest absolute Gasteiger partial charge is 0.252 e. The molecule has 1 rings (SSSR count). The van der Waals surface area contributed by atoms with Crippen LogP contribution in [0, 0.1) is 0 Å². The first-order valence-corrected chi connectivity index (χ1v) is 4.44. The molecule has 1 aromatic heterocycles. The highest BCUT2D eigenvalue weighted by atomic mass is 16.1. The molecule has 0 aliphatic carbocycles. The highest BCUT2D eigenvalue weighted by Crippen LogP contribution is 2.09. The second-order valence-electron chi connectivity index (χ2n) is 3.01. The molecule has 0 aromatic carbocycles. The van der Waals surface area contributed by atoms with Crippen LogP contribution in [0.15, 0.2) is 23.6 Å². The first-order chi connectivity index (χ1) is 7.52. The summed E-state index contributed by atoms with van der Waals surface area (Å²) in [4.78, 5) is 14.4. The van der Waals surface area contributed by atoms with E-state index >= 15 is 0 Å². The van der Waals surface area contributed by atoms with E-state index in [0.29, 0.717) is 5.69 Å². The van der Waals surface area contributed by atoms with Crippen LogP contribution in [0.5, 0.6) is 0 Å². The molecule has 7 heteroatoms. The minimum absolute atomic E-state index is 0.287. The second kappa shape index (κ2) is 7.18. The lowest BCUT2D eigenvalue weighted by Crippen LogP contribution is -2.17. The molecule has 0 saturated heterocycles. The third-order valence-electron chi connectivity index (χ3n) is 1.50. The van der Waals surface area contributed by atoms with E-state index in [1.54, 1.807) is 6.07 Å². The van der Waals surface area contributed by atoms with Gasteiger partial charge >= 0.3 is 0 Å². The van der Waals surface area contributed by atoms with Crippen LogP contribution >= 0.6 is 0 Å². The molecular formula is C9H16N6O. The minimum Gasteiger partial charge on any atom is -0.365 e.